The van der Waals surface area contributed by atoms with E-state index in [1.807, 2.05) is 0 Å². The Labute approximate surface area is 128 Å². The second-order valence-electron chi connectivity index (χ2n) is 5.81. The molecule has 0 aromatic heterocycles. The standard InChI is InChI=1S/C17H26O3S/c1-2-21(18,19)20-14-8-12-16-11-6-7-13-17(16)15-9-4-3-5-10-15/h6-7,11,13,15H,2-5,8-10,12,14H2,1H3. The quantitative estimate of drug-likeness (QED) is 0.564. The van der Waals surface area contributed by atoms with Gasteiger partial charge in [-0.25, -0.2) is 0 Å². The third-order valence-corrected chi connectivity index (χ3v) is 5.54. The van der Waals surface area contributed by atoms with Gasteiger partial charge in [-0.2, -0.15) is 8.42 Å². The van der Waals surface area contributed by atoms with Gasteiger partial charge in [-0.3, -0.25) is 4.18 Å². The highest BCUT2D eigenvalue weighted by Crippen LogP contribution is 2.34. The molecule has 0 amide bonds. The third kappa shape index (κ3) is 5.11. The molecule has 0 bridgehead atoms. The molecule has 0 aliphatic heterocycles. The van der Waals surface area contributed by atoms with Crippen LogP contribution < -0.4 is 0 Å². The summed E-state index contributed by atoms with van der Waals surface area (Å²) in [5.41, 5.74) is 2.83. The molecule has 0 N–H and O–H groups in total. The van der Waals surface area contributed by atoms with E-state index in [0.717, 1.165) is 12.8 Å². The number of benzene rings is 1. The molecule has 0 unspecified atom stereocenters. The predicted molar refractivity (Wildman–Crippen MR) is 86.0 cm³/mol. The zero-order chi connectivity index (χ0) is 15.1. The number of hydrogen-bond acceptors (Lipinski definition) is 3. The highest BCUT2D eigenvalue weighted by atomic mass is 32.2. The molecule has 3 nitrogen and oxygen atoms in total. The van der Waals surface area contributed by atoms with E-state index < -0.39 is 10.1 Å². The molecule has 1 aromatic rings. The maximum absolute atomic E-state index is 11.3. The Hall–Kier alpha value is -0.870. The maximum atomic E-state index is 11.3. The van der Waals surface area contributed by atoms with Crippen molar-refractivity contribution in [1.82, 2.24) is 0 Å². The lowest BCUT2D eigenvalue weighted by Gasteiger charge is -2.24. The molecule has 1 fully saturated rings. The van der Waals surface area contributed by atoms with Crippen LogP contribution in [-0.2, 0) is 20.7 Å². The normalized spacial score (nSPS) is 17.0. The first-order chi connectivity index (χ1) is 10.1. The van der Waals surface area contributed by atoms with Crippen molar-refractivity contribution in [3.8, 4) is 0 Å². The largest absolute Gasteiger partial charge is 0.270 e. The fourth-order valence-corrected chi connectivity index (χ4v) is 3.64. The number of rotatable bonds is 7. The van der Waals surface area contributed by atoms with E-state index >= 15 is 0 Å². The first-order valence-corrected chi connectivity index (χ1v) is 9.65. The fraction of sp³-hybridized carbons (Fsp3) is 0.647. The lowest BCUT2D eigenvalue weighted by Crippen LogP contribution is -2.11. The molecule has 0 saturated heterocycles. The van der Waals surface area contributed by atoms with E-state index in [1.165, 1.54) is 43.2 Å². The monoisotopic (exact) mass is 310 g/mol. The molecular weight excluding hydrogens is 284 g/mol. The zero-order valence-corrected chi connectivity index (χ0v) is 13.7. The fourth-order valence-electron chi connectivity index (χ4n) is 3.11. The van der Waals surface area contributed by atoms with Gasteiger partial charge in [-0.1, -0.05) is 43.5 Å². The zero-order valence-electron chi connectivity index (χ0n) is 12.9. The third-order valence-electron chi connectivity index (χ3n) is 4.31. The first kappa shape index (κ1) is 16.5. The summed E-state index contributed by atoms with van der Waals surface area (Å²) in [7, 11) is -3.30. The van der Waals surface area contributed by atoms with Gasteiger partial charge >= 0.3 is 0 Å². The maximum Gasteiger partial charge on any atom is 0.267 e. The average Bonchev–Trinajstić information content (AvgIpc) is 2.53. The predicted octanol–water partition coefficient (Wildman–Crippen LogP) is 4.03. The van der Waals surface area contributed by atoms with E-state index in [-0.39, 0.29) is 12.4 Å². The van der Waals surface area contributed by atoms with Crippen molar-refractivity contribution in [3.63, 3.8) is 0 Å². The average molecular weight is 310 g/mol. The van der Waals surface area contributed by atoms with Crippen LogP contribution in [0.15, 0.2) is 24.3 Å². The molecule has 0 radical (unpaired) electrons. The van der Waals surface area contributed by atoms with Gasteiger partial charge in [0.05, 0.1) is 12.4 Å². The molecule has 1 aliphatic carbocycles. The summed E-state index contributed by atoms with van der Waals surface area (Å²) in [6.45, 7) is 1.89. The van der Waals surface area contributed by atoms with Crippen LogP contribution in [0.25, 0.3) is 0 Å². The molecule has 4 heteroatoms. The van der Waals surface area contributed by atoms with Crippen molar-refractivity contribution in [2.45, 2.75) is 57.8 Å². The highest BCUT2D eigenvalue weighted by molar-refractivity contribution is 7.86. The van der Waals surface area contributed by atoms with Crippen LogP contribution in [0, 0.1) is 0 Å². The van der Waals surface area contributed by atoms with Crippen molar-refractivity contribution in [3.05, 3.63) is 35.4 Å². The van der Waals surface area contributed by atoms with Crippen LogP contribution >= 0.6 is 0 Å². The van der Waals surface area contributed by atoms with Crippen molar-refractivity contribution in [2.24, 2.45) is 0 Å². The lowest BCUT2D eigenvalue weighted by atomic mass is 9.81. The SMILES string of the molecule is CCS(=O)(=O)OCCCc1ccccc1C1CCCCC1. The molecule has 0 heterocycles. The lowest BCUT2D eigenvalue weighted by molar-refractivity contribution is 0.312. The van der Waals surface area contributed by atoms with Crippen LogP contribution in [0.4, 0.5) is 0 Å². The Morgan fingerprint density at radius 2 is 1.86 bits per heavy atom. The van der Waals surface area contributed by atoms with Gasteiger partial charge < -0.3 is 0 Å². The highest BCUT2D eigenvalue weighted by Gasteiger charge is 2.18. The summed E-state index contributed by atoms with van der Waals surface area (Å²) in [6.07, 6.45) is 8.25. The number of hydrogen-bond donors (Lipinski definition) is 0. The van der Waals surface area contributed by atoms with Crippen molar-refractivity contribution < 1.29 is 12.6 Å². The molecule has 1 saturated carbocycles. The molecule has 21 heavy (non-hydrogen) atoms. The minimum absolute atomic E-state index is 0.0473. The van der Waals surface area contributed by atoms with Gasteiger partial charge in [0.25, 0.3) is 10.1 Å². The summed E-state index contributed by atoms with van der Waals surface area (Å²) >= 11 is 0. The van der Waals surface area contributed by atoms with Crippen LogP contribution in [0.2, 0.25) is 0 Å². The van der Waals surface area contributed by atoms with Crippen LogP contribution in [-0.4, -0.2) is 20.8 Å². The molecule has 1 aromatic carbocycles. The minimum atomic E-state index is -3.30. The van der Waals surface area contributed by atoms with E-state index in [1.54, 1.807) is 6.92 Å². The number of aryl methyl sites for hydroxylation is 1. The second kappa shape index (κ2) is 7.95. The van der Waals surface area contributed by atoms with Crippen LogP contribution in [0.5, 0.6) is 0 Å². The Balaban J connectivity index is 1.91. The molecule has 0 atom stereocenters. The Bertz CT molecular complexity index is 531. The molecule has 118 valence electrons. The van der Waals surface area contributed by atoms with E-state index in [0.29, 0.717) is 5.92 Å². The van der Waals surface area contributed by atoms with E-state index in [2.05, 4.69) is 24.3 Å². The Morgan fingerprint density at radius 3 is 2.57 bits per heavy atom. The van der Waals surface area contributed by atoms with Gasteiger partial charge in [0.1, 0.15) is 0 Å². The van der Waals surface area contributed by atoms with Gasteiger partial charge in [0.15, 0.2) is 0 Å². The minimum Gasteiger partial charge on any atom is -0.270 e. The van der Waals surface area contributed by atoms with Gasteiger partial charge in [0.2, 0.25) is 0 Å². The summed E-state index contributed by atoms with van der Waals surface area (Å²) in [6, 6.07) is 8.62. The van der Waals surface area contributed by atoms with E-state index in [9.17, 15) is 8.42 Å². The molecule has 1 aliphatic rings. The summed E-state index contributed by atoms with van der Waals surface area (Å²) in [4.78, 5) is 0. The molecule has 2 rings (SSSR count). The van der Waals surface area contributed by atoms with E-state index in [4.69, 9.17) is 4.18 Å². The molecular formula is C17H26O3S. The van der Waals surface area contributed by atoms with Crippen molar-refractivity contribution in [1.29, 1.82) is 0 Å². The van der Waals surface area contributed by atoms with Crippen LogP contribution in [0.3, 0.4) is 0 Å². The Kier molecular flexibility index (Phi) is 6.24. The van der Waals surface area contributed by atoms with Gasteiger partial charge in [0, 0.05) is 0 Å². The molecule has 0 spiro atoms. The summed E-state index contributed by atoms with van der Waals surface area (Å²) < 4.78 is 27.6. The summed E-state index contributed by atoms with van der Waals surface area (Å²) in [5.74, 6) is 0.737. The Morgan fingerprint density at radius 1 is 1.14 bits per heavy atom. The van der Waals surface area contributed by atoms with Crippen molar-refractivity contribution >= 4 is 10.1 Å². The topological polar surface area (TPSA) is 43.4 Å². The van der Waals surface area contributed by atoms with Crippen LogP contribution in [0.1, 0.15) is 62.5 Å². The second-order valence-corrected chi connectivity index (χ2v) is 7.73. The van der Waals surface area contributed by atoms with Crippen molar-refractivity contribution in [2.75, 3.05) is 12.4 Å². The smallest absolute Gasteiger partial charge is 0.267 e. The van der Waals surface area contributed by atoms with Gasteiger partial charge in [-0.05, 0) is 49.7 Å². The van der Waals surface area contributed by atoms with Gasteiger partial charge in [-0.15, -0.1) is 0 Å². The summed E-state index contributed by atoms with van der Waals surface area (Å²) in [5, 5.41) is 0. The first-order valence-electron chi connectivity index (χ1n) is 8.07.